The summed E-state index contributed by atoms with van der Waals surface area (Å²) in [6.07, 6.45) is 1.22. The van der Waals surface area contributed by atoms with Gasteiger partial charge in [-0.05, 0) is 33.6 Å². The molecule has 0 spiro atoms. The summed E-state index contributed by atoms with van der Waals surface area (Å²) in [5, 5.41) is 20.5. The Morgan fingerprint density at radius 2 is 2.00 bits per heavy atom. The summed E-state index contributed by atoms with van der Waals surface area (Å²) in [4.78, 5) is 11.7. The lowest BCUT2D eigenvalue weighted by Gasteiger charge is -2.31. The third-order valence-corrected chi connectivity index (χ3v) is 2.71. The number of carbonyl (C=O) groups excluding carboxylic acids is 1. The van der Waals surface area contributed by atoms with Crippen LogP contribution >= 0.6 is 0 Å². The molecule has 4 nitrogen and oxygen atoms in total. The van der Waals surface area contributed by atoms with Crippen molar-refractivity contribution < 1.29 is 9.90 Å². The first-order valence-corrected chi connectivity index (χ1v) is 5.16. The minimum absolute atomic E-state index is 0.0254. The Balaban J connectivity index is 4.58. The molecule has 0 saturated heterocycles. The van der Waals surface area contributed by atoms with Gasteiger partial charge in [0.25, 0.3) is 0 Å². The summed E-state index contributed by atoms with van der Waals surface area (Å²) in [6.45, 7) is 7.00. The van der Waals surface area contributed by atoms with Crippen molar-refractivity contribution in [1.82, 2.24) is 5.32 Å². The van der Waals surface area contributed by atoms with Gasteiger partial charge in [-0.25, -0.2) is 0 Å². The van der Waals surface area contributed by atoms with Crippen molar-refractivity contribution >= 4 is 5.91 Å². The van der Waals surface area contributed by atoms with Gasteiger partial charge < -0.3 is 10.4 Å². The van der Waals surface area contributed by atoms with Gasteiger partial charge >= 0.3 is 0 Å². The highest BCUT2D eigenvalue weighted by Gasteiger charge is 2.32. The maximum atomic E-state index is 11.7. The molecule has 0 aromatic rings. The second-order valence-corrected chi connectivity index (χ2v) is 4.58. The Kier molecular flexibility index (Phi) is 4.76. The van der Waals surface area contributed by atoms with E-state index in [0.29, 0.717) is 6.42 Å². The van der Waals surface area contributed by atoms with Crippen LogP contribution in [0.2, 0.25) is 0 Å². The molecule has 0 heterocycles. The first kappa shape index (κ1) is 13.9. The summed E-state index contributed by atoms with van der Waals surface area (Å²) >= 11 is 0. The van der Waals surface area contributed by atoms with Crippen molar-refractivity contribution in [3.63, 3.8) is 0 Å². The minimum Gasteiger partial charge on any atom is -0.396 e. The summed E-state index contributed by atoms with van der Waals surface area (Å²) in [5.41, 5.74) is -1.45. The zero-order chi connectivity index (χ0) is 12.1. The predicted octanol–water partition coefficient (Wildman–Crippen LogP) is 1.20. The molecule has 0 aliphatic heterocycles. The van der Waals surface area contributed by atoms with Gasteiger partial charge in [-0.2, -0.15) is 5.26 Å². The largest absolute Gasteiger partial charge is 0.396 e. The third kappa shape index (κ3) is 3.88. The van der Waals surface area contributed by atoms with Crippen molar-refractivity contribution in [3.05, 3.63) is 0 Å². The van der Waals surface area contributed by atoms with Gasteiger partial charge in [0.15, 0.2) is 0 Å². The van der Waals surface area contributed by atoms with E-state index in [-0.39, 0.29) is 12.5 Å². The van der Waals surface area contributed by atoms with Gasteiger partial charge in [0.2, 0.25) is 5.91 Å². The number of nitrogens with one attached hydrogen (secondary N) is 1. The summed E-state index contributed by atoms with van der Waals surface area (Å²) in [6, 6.07) is 1.96. The van der Waals surface area contributed by atoms with Gasteiger partial charge in [-0.3, -0.25) is 4.79 Å². The smallest absolute Gasteiger partial charge is 0.240 e. The van der Waals surface area contributed by atoms with Crippen LogP contribution in [-0.2, 0) is 4.79 Å². The van der Waals surface area contributed by atoms with Crippen molar-refractivity contribution in [2.24, 2.45) is 5.41 Å². The number of aliphatic hydroxyl groups is 1. The number of nitrogens with zero attached hydrogens (tertiary/aromatic N) is 1. The van der Waals surface area contributed by atoms with Crippen LogP contribution < -0.4 is 5.32 Å². The van der Waals surface area contributed by atoms with Gasteiger partial charge in [-0.1, -0.05) is 6.92 Å². The molecule has 1 atom stereocenters. The summed E-state index contributed by atoms with van der Waals surface area (Å²) in [7, 11) is 0. The van der Waals surface area contributed by atoms with Crippen LogP contribution in [0.3, 0.4) is 0 Å². The lowest BCUT2D eigenvalue weighted by Crippen LogP contribution is -2.50. The van der Waals surface area contributed by atoms with E-state index >= 15 is 0 Å². The number of hydrogen-bond donors (Lipinski definition) is 2. The second kappa shape index (κ2) is 5.13. The van der Waals surface area contributed by atoms with Gasteiger partial charge in [0, 0.05) is 12.1 Å². The standard InChI is InChI=1S/C11H20N2O2/c1-5-11(4,6-7-14)13-9(15)10(2,3)8-12/h14H,5-7H2,1-4H3,(H,13,15). The summed E-state index contributed by atoms with van der Waals surface area (Å²) < 4.78 is 0. The van der Waals surface area contributed by atoms with Crippen molar-refractivity contribution in [1.29, 1.82) is 5.26 Å². The number of rotatable bonds is 5. The van der Waals surface area contributed by atoms with Gasteiger partial charge in [0.05, 0.1) is 6.07 Å². The molecule has 0 bridgehead atoms. The molecule has 1 amide bonds. The lowest BCUT2D eigenvalue weighted by atomic mass is 9.89. The fourth-order valence-electron chi connectivity index (χ4n) is 1.06. The maximum absolute atomic E-state index is 11.7. The van der Waals surface area contributed by atoms with E-state index in [0.717, 1.165) is 6.42 Å². The molecule has 0 aromatic carbocycles. The maximum Gasteiger partial charge on any atom is 0.240 e. The molecule has 15 heavy (non-hydrogen) atoms. The van der Waals surface area contributed by atoms with Crippen molar-refractivity contribution in [3.8, 4) is 6.07 Å². The molecule has 0 aliphatic carbocycles. The van der Waals surface area contributed by atoms with Gasteiger partial charge in [0.1, 0.15) is 5.41 Å². The van der Waals surface area contributed by atoms with Crippen LogP contribution in [0, 0.1) is 16.7 Å². The molecule has 0 fully saturated rings. The van der Waals surface area contributed by atoms with Crippen molar-refractivity contribution in [2.75, 3.05) is 6.61 Å². The van der Waals surface area contributed by atoms with E-state index in [9.17, 15) is 4.79 Å². The molecular weight excluding hydrogens is 192 g/mol. The minimum atomic E-state index is -1.02. The fraction of sp³-hybridized carbons (Fsp3) is 0.818. The Hall–Kier alpha value is -1.08. The van der Waals surface area contributed by atoms with Crippen LogP contribution in [0.5, 0.6) is 0 Å². The third-order valence-electron chi connectivity index (χ3n) is 2.71. The normalized spacial score (nSPS) is 15.2. The monoisotopic (exact) mass is 212 g/mol. The van der Waals surface area contributed by atoms with Crippen LogP contribution in [0.1, 0.15) is 40.5 Å². The Labute approximate surface area is 91.3 Å². The van der Waals surface area contributed by atoms with Crippen LogP contribution in [0.25, 0.3) is 0 Å². The van der Waals surface area contributed by atoms with Crippen LogP contribution in [0.4, 0.5) is 0 Å². The van der Waals surface area contributed by atoms with Crippen molar-refractivity contribution in [2.45, 2.75) is 46.1 Å². The molecule has 1 unspecified atom stereocenters. The summed E-state index contributed by atoms with van der Waals surface area (Å²) in [5.74, 6) is -0.289. The van der Waals surface area contributed by atoms with Crippen LogP contribution in [0.15, 0.2) is 0 Å². The molecule has 2 N–H and O–H groups in total. The molecule has 0 rings (SSSR count). The highest BCUT2D eigenvalue weighted by molar-refractivity contribution is 5.85. The number of hydrogen-bond acceptors (Lipinski definition) is 3. The average molecular weight is 212 g/mol. The molecular formula is C11H20N2O2. The fourth-order valence-corrected chi connectivity index (χ4v) is 1.06. The highest BCUT2D eigenvalue weighted by atomic mass is 16.3. The Morgan fingerprint density at radius 3 is 2.33 bits per heavy atom. The molecule has 0 saturated carbocycles. The number of amides is 1. The number of aliphatic hydroxyl groups excluding tert-OH is 1. The molecule has 0 aliphatic rings. The molecule has 4 heteroatoms. The molecule has 0 radical (unpaired) electrons. The van der Waals surface area contributed by atoms with E-state index in [1.807, 2.05) is 19.9 Å². The zero-order valence-corrected chi connectivity index (χ0v) is 9.92. The Morgan fingerprint density at radius 1 is 1.47 bits per heavy atom. The van der Waals surface area contributed by atoms with Crippen LogP contribution in [-0.4, -0.2) is 23.2 Å². The van der Waals surface area contributed by atoms with E-state index < -0.39 is 11.0 Å². The zero-order valence-electron chi connectivity index (χ0n) is 9.92. The topological polar surface area (TPSA) is 73.1 Å². The van der Waals surface area contributed by atoms with E-state index in [1.165, 1.54) is 0 Å². The first-order chi connectivity index (χ1) is 6.81. The quantitative estimate of drug-likeness (QED) is 0.719. The lowest BCUT2D eigenvalue weighted by molar-refractivity contribution is -0.128. The SMILES string of the molecule is CCC(C)(CCO)NC(=O)C(C)(C)C#N. The highest BCUT2D eigenvalue weighted by Crippen LogP contribution is 2.19. The van der Waals surface area contributed by atoms with E-state index in [4.69, 9.17) is 10.4 Å². The predicted molar refractivity (Wildman–Crippen MR) is 57.9 cm³/mol. The van der Waals surface area contributed by atoms with Gasteiger partial charge in [-0.15, -0.1) is 0 Å². The Bertz CT molecular complexity index is 268. The molecule has 0 aromatic heterocycles. The molecule has 86 valence electrons. The number of carbonyl (C=O) groups is 1. The van der Waals surface area contributed by atoms with E-state index in [2.05, 4.69) is 5.32 Å². The second-order valence-electron chi connectivity index (χ2n) is 4.58. The first-order valence-electron chi connectivity index (χ1n) is 5.16. The van der Waals surface area contributed by atoms with E-state index in [1.54, 1.807) is 13.8 Å². The number of nitriles is 1. The average Bonchev–Trinajstić information content (AvgIpc) is 2.18.